The molecule has 1 aliphatic carbocycles. The van der Waals surface area contributed by atoms with Crippen LogP contribution >= 0.6 is 0 Å². The Morgan fingerprint density at radius 2 is 1.50 bits per heavy atom. The summed E-state index contributed by atoms with van der Waals surface area (Å²) in [6.07, 6.45) is 13.9. The third-order valence-electron chi connectivity index (χ3n) is 4.44. The fourth-order valence-corrected chi connectivity index (χ4v) is 3.01. The molecule has 1 fully saturated rings. The molecule has 0 aromatic carbocycles. The molecule has 0 spiro atoms. The number of nitrogens with two attached hydrogens (primary N) is 1. The molecule has 0 aromatic heterocycles. The van der Waals surface area contributed by atoms with Crippen LogP contribution in [-0.2, 0) is 0 Å². The average Bonchev–Trinajstić information content (AvgIpc) is 2.42. The predicted octanol–water partition coefficient (Wildman–Crippen LogP) is 3.70. The summed E-state index contributed by atoms with van der Waals surface area (Å²) in [5.41, 5.74) is 5.72. The van der Waals surface area contributed by atoms with Crippen LogP contribution in [0.15, 0.2) is 0 Å². The standard InChI is InChI=1S/C16H34N2/c1-2-3-4-5-6-7-12-18-14-16-10-8-15(13-17)9-11-16/h15-16,18H,2-14,17H2,1H3. The third-order valence-corrected chi connectivity index (χ3v) is 4.44. The zero-order valence-electron chi connectivity index (χ0n) is 12.4. The molecule has 3 N–H and O–H groups in total. The van der Waals surface area contributed by atoms with Crippen molar-refractivity contribution in [1.82, 2.24) is 5.32 Å². The Morgan fingerprint density at radius 3 is 2.17 bits per heavy atom. The zero-order valence-corrected chi connectivity index (χ0v) is 12.4. The summed E-state index contributed by atoms with van der Waals surface area (Å²) in [7, 11) is 0. The lowest BCUT2D eigenvalue weighted by atomic mass is 9.82. The van der Waals surface area contributed by atoms with E-state index in [4.69, 9.17) is 5.73 Å². The Morgan fingerprint density at radius 1 is 0.889 bits per heavy atom. The quantitative estimate of drug-likeness (QED) is 0.583. The largest absolute Gasteiger partial charge is 0.330 e. The van der Waals surface area contributed by atoms with Gasteiger partial charge in [-0.15, -0.1) is 0 Å². The molecule has 2 heteroatoms. The molecule has 0 radical (unpaired) electrons. The van der Waals surface area contributed by atoms with E-state index in [1.165, 1.54) is 77.3 Å². The number of unbranched alkanes of at least 4 members (excludes halogenated alkanes) is 5. The van der Waals surface area contributed by atoms with Gasteiger partial charge >= 0.3 is 0 Å². The Balaban J connectivity index is 1.84. The van der Waals surface area contributed by atoms with E-state index in [0.29, 0.717) is 0 Å². The summed E-state index contributed by atoms with van der Waals surface area (Å²) in [6, 6.07) is 0. The van der Waals surface area contributed by atoms with Gasteiger partial charge in [-0.1, -0.05) is 39.0 Å². The first-order valence-corrected chi connectivity index (χ1v) is 8.27. The molecule has 1 saturated carbocycles. The van der Waals surface area contributed by atoms with E-state index in [1.807, 2.05) is 0 Å². The molecule has 0 bridgehead atoms. The molecular formula is C16H34N2. The highest BCUT2D eigenvalue weighted by molar-refractivity contribution is 4.74. The first-order chi connectivity index (χ1) is 8.86. The van der Waals surface area contributed by atoms with Crippen molar-refractivity contribution in [2.24, 2.45) is 17.6 Å². The van der Waals surface area contributed by atoms with Crippen molar-refractivity contribution in [2.45, 2.75) is 71.1 Å². The van der Waals surface area contributed by atoms with Gasteiger partial charge in [0.25, 0.3) is 0 Å². The lowest BCUT2D eigenvalue weighted by molar-refractivity contribution is 0.272. The molecule has 2 nitrogen and oxygen atoms in total. The lowest BCUT2D eigenvalue weighted by Crippen LogP contribution is -2.29. The van der Waals surface area contributed by atoms with Gasteiger partial charge in [0.05, 0.1) is 0 Å². The van der Waals surface area contributed by atoms with Gasteiger partial charge in [-0.25, -0.2) is 0 Å². The van der Waals surface area contributed by atoms with Crippen LogP contribution in [0.2, 0.25) is 0 Å². The molecule has 0 unspecified atom stereocenters. The van der Waals surface area contributed by atoms with Crippen LogP contribution in [0.5, 0.6) is 0 Å². The van der Waals surface area contributed by atoms with Gasteiger partial charge in [-0.2, -0.15) is 0 Å². The monoisotopic (exact) mass is 254 g/mol. The van der Waals surface area contributed by atoms with Crippen molar-refractivity contribution < 1.29 is 0 Å². The highest BCUT2D eigenvalue weighted by Gasteiger charge is 2.19. The summed E-state index contributed by atoms with van der Waals surface area (Å²) >= 11 is 0. The van der Waals surface area contributed by atoms with Gasteiger partial charge in [0, 0.05) is 0 Å². The normalized spacial score (nSPS) is 24.3. The van der Waals surface area contributed by atoms with Crippen molar-refractivity contribution in [3.63, 3.8) is 0 Å². The summed E-state index contributed by atoms with van der Waals surface area (Å²) in [6.45, 7) is 5.65. The van der Waals surface area contributed by atoms with E-state index in [0.717, 1.165) is 18.4 Å². The van der Waals surface area contributed by atoms with Crippen molar-refractivity contribution in [1.29, 1.82) is 0 Å². The fraction of sp³-hybridized carbons (Fsp3) is 1.00. The van der Waals surface area contributed by atoms with Crippen LogP contribution in [0.3, 0.4) is 0 Å². The molecule has 0 saturated heterocycles. The van der Waals surface area contributed by atoms with Crippen LogP contribution in [-0.4, -0.2) is 19.6 Å². The molecule has 0 aromatic rings. The van der Waals surface area contributed by atoms with Crippen molar-refractivity contribution in [3.8, 4) is 0 Å². The number of hydrogen-bond acceptors (Lipinski definition) is 2. The summed E-state index contributed by atoms with van der Waals surface area (Å²) in [4.78, 5) is 0. The van der Waals surface area contributed by atoms with Crippen LogP contribution in [0.25, 0.3) is 0 Å². The highest BCUT2D eigenvalue weighted by atomic mass is 14.9. The van der Waals surface area contributed by atoms with Crippen LogP contribution in [0, 0.1) is 11.8 Å². The summed E-state index contributed by atoms with van der Waals surface area (Å²) in [5, 5.41) is 3.65. The van der Waals surface area contributed by atoms with Crippen LogP contribution in [0.1, 0.15) is 71.1 Å². The Hall–Kier alpha value is -0.0800. The topological polar surface area (TPSA) is 38.0 Å². The first-order valence-electron chi connectivity index (χ1n) is 8.27. The molecule has 0 aliphatic heterocycles. The maximum Gasteiger partial charge on any atom is -0.00205 e. The molecule has 0 amide bonds. The molecule has 1 rings (SSSR count). The van der Waals surface area contributed by atoms with Gasteiger partial charge in [-0.3, -0.25) is 0 Å². The maximum absolute atomic E-state index is 5.72. The molecule has 1 aliphatic rings. The van der Waals surface area contributed by atoms with Crippen molar-refractivity contribution in [3.05, 3.63) is 0 Å². The molecular weight excluding hydrogens is 220 g/mol. The lowest BCUT2D eigenvalue weighted by Gasteiger charge is -2.27. The van der Waals surface area contributed by atoms with E-state index >= 15 is 0 Å². The zero-order chi connectivity index (χ0) is 13.1. The molecule has 18 heavy (non-hydrogen) atoms. The van der Waals surface area contributed by atoms with Gasteiger partial charge < -0.3 is 11.1 Å². The van der Waals surface area contributed by atoms with Gasteiger partial charge in [-0.05, 0) is 63.6 Å². The van der Waals surface area contributed by atoms with E-state index in [9.17, 15) is 0 Å². The summed E-state index contributed by atoms with van der Waals surface area (Å²) in [5.74, 6) is 1.74. The highest BCUT2D eigenvalue weighted by Crippen LogP contribution is 2.27. The van der Waals surface area contributed by atoms with Gasteiger partial charge in [0.15, 0.2) is 0 Å². The Bertz CT molecular complexity index is 174. The van der Waals surface area contributed by atoms with Gasteiger partial charge in [0.1, 0.15) is 0 Å². The summed E-state index contributed by atoms with van der Waals surface area (Å²) < 4.78 is 0. The predicted molar refractivity (Wildman–Crippen MR) is 80.7 cm³/mol. The van der Waals surface area contributed by atoms with E-state index < -0.39 is 0 Å². The van der Waals surface area contributed by atoms with Crippen LogP contribution < -0.4 is 11.1 Å². The minimum absolute atomic E-state index is 0.819. The fourth-order valence-electron chi connectivity index (χ4n) is 3.01. The van der Waals surface area contributed by atoms with Crippen molar-refractivity contribution >= 4 is 0 Å². The SMILES string of the molecule is CCCCCCCCNCC1CCC(CN)CC1. The maximum atomic E-state index is 5.72. The van der Waals surface area contributed by atoms with E-state index in [1.54, 1.807) is 0 Å². The smallest absolute Gasteiger partial charge is 0.00205 e. The van der Waals surface area contributed by atoms with Crippen molar-refractivity contribution in [2.75, 3.05) is 19.6 Å². The third kappa shape index (κ3) is 7.38. The second kappa shape index (κ2) is 10.8. The second-order valence-corrected chi connectivity index (χ2v) is 6.09. The number of rotatable bonds is 10. The second-order valence-electron chi connectivity index (χ2n) is 6.09. The minimum atomic E-state index is 0.819. The van der Waals surface area contributed by atoms with E-state index in [2.05, 4.69) is 12.2 Å². The molecule has 0 heterocycles. The molecule has 0 atom stereocenters. The van der Waals surface area contributed by atoms with Crippen LogP contribution in [0.4, 0.5) is 0 Å². The Kier molecular flexibility index (Phi) is 9.59. The minimum Gasteiger partial charge on any atom is -0.330 e. The number of nitrogens with one attached hydrogen (secondary N) is 1. The van der Waals surface area contributed by atoms with Gasteiger partial charge in [0.2, 0.25) is 0 Å². The Labute approximate surface area is 114 Å². The molecule has 108 valence electrons. The number of hydrogen-bond donors (Lipinski definition) is 2. The van der Waals surface area contributed by atoms with E-state index in [-0.39, 0.29) is 0 Å². The average molecular weight is 254 g/mol. The first kappa shape index (κ1) is 16.0.